The van der Waals surface area contributed by atoms with Gasteiger partial charge in [0.05, 0.1) is 23.4 Å². The number of hydrogen-bond acceptors (Lipinski definition) is 5. The van der Waals surface area contributed by atoms with Crippen LogP contribution < -0.4 is 20.1 Å². The number of para-hydroxylation sites is 1. The van der Waals surface area contributed by atoms with Crippen molar-refractivity contribution in [3.05, 3.63) is 82.4 Å². The number of ether oxygens (including phenoxy) is 2. The number of aryl methyl sites for hydroxylation is 1. The second-order valence-electron chi connectivity index (χ2n) is 7.00. The highest BCUT2D eigenvalue weighted by Gasteiger charge is 2.14. The van der Waals surface area contributed by atoms with Gasteiger partial charge in [0.15, 0.2) is 18.1 Å². The predicted molar refractivity (Wildman–Crippen MR) is 124 cm³/mol. The van der Waals surface area contributed by atoms with E-state index < -0.39 is 5.97 Å². The number of benzene rings is 3. The molecule has 7 nitrogen and oxygen atoms in total. The summed E-state index contributed by atoms with van der Waals surface area (Å²) in [5, 5.41) is 15.5. The molecule has 3 rings (SSSR count). The second kappa shape index (κ2) is 10.5. The van der Waals surface area contributed by atoms with E-state index in [0.717, 1.165) is 5.56 Å². The highest BCUT2D eigenvalue weighted by atomic mass is 35.5. The van der Waals surface area contributed by atoms with Crippen LogP contribution in [0.3, 0.4) is 0 Å². The molecule has 0 aliphatic carbocycles. The van der Waals surface area contributed by atoms with Crippen molar-refractivity contribution in [2.75, 3.05) is 24.4 Å². The van der Waals surface area contributed by atoms with Crippen LogP contribution in [0.4, 0.5) is 11.4 Å². The Bertz CT molecular complexity index is 1120. The van der Waals surface area contributed by atoms with E-state index in [4.69, 9.17) is 21.1 Å². The molecule has 0 saturated heterocycles. The Morgan fingerprint density at radius 2 is 1.81 bits per heavy atom. The van der Waals surface area contributed by atoms with Gasteiger partial charge in [0.25, 0.3) is 5.91 Å². The van der Waals surface area contributed by atoms with Crippen molar-refractivity contribution < 1.29 is 24.2 Å². The van der Waals surface area contributed by atoms with Gasteiger partial charge >= 0.3 is 5.97 Å². The van der Waals surface area contributed by atoms with Crippen LogP contribution in [0.2, 0.25) is 5.02 Å². The predicted octanol–water partition coefficient (Wildman–Crippen LogP) is 4.98. The van der Waals surface area contributed by atoms with Crippen LogP contribution in [-0.4, -0.2) is 30.7 Å². The number of aromatic carboxylic acids is 1. The van der Waals surface area contributed by atoms with Crippen molar-refractivity contribution in [2.45, 2.75) is 13.5 Å². The molecule has 3 N–H and O–H groups in total. The van der Waals surface area contributed by atoms with E-state index in [0.29, 0.717) is 33.5 Å². The summed E-state index contributed by atoms with van der Waals surface area (Å²) < 4.78 is 11.2. The van der Waals surface area contributed by atoms with E-state index in [9.17, 15) is 14.7 Å². The monoisotopic (exact) mass is 454 g/mol. The Hall–Kier alpha value is -3.71. The normalized spacial score (nSPS) is 10.3. The van der Waals surface area contributed by atoms with Crippen molar-refractivity contribution in [2.24, 2.45) is 0 Å². The lowest BCUT2D eigenvalue weighted by Crippen LogP contribution is -2.21. The number of methoxy groups -OCH3 is 1. The lowest BCUT2D eigenvalue weighted by Gasteiger charge is -2.16. The van der Waals surface area contributed by atoms with Gasteiger partial charge < -0.3 is 25.2 Å². The average molecular weight is 455 g/mol. The third kappa shape index (κ3) is 5.92. The number of carboxylic acid groups (broad SMARTS) is 1. The van der Waals surface area contributed by atoms with Gasteiger partial charge in [-0.2, -0.15) is 0 Å². The van der Waals surface area contributed by atoms with E-state index in [2.05, 4.69) is 10.6 Å². The van der Waals surface area contributed by atoms with Crippen LogP contribution in [-0.2, 0) is 11.3 Å². The highest BCUT2D eigenvalue weighted by molar-refractivity contribution is 6.33. The summed E-state index contributed by atoms with van der Waals surface area (Å²) in [6, 6.07) is 17.2. The van der Waals surface area contributed by atoms with E-state index in [1.165, 1.54) is 25.3 Å². The third-order valence-corrected chi connectivity index (χ3v) is 4.98. The average Bonchev–Trinajstić information content (AvgIpc) is 2.78. The minimum atomic E-state index is -1.05. The molecule has 0 bridgehead atoms. The zero-order valence-corrected chi connectivity index (χ0v) is 18.4. The minimum absolute atomic E-state index is 0.117. The first kappa shape index (κ1) is 23.0. The lowest BCUT2D eigenvalue weighted by atomic mass is 10.1. The van der Waals surface area contributed by atoms with Gasteiger partial charge in [-0.3, -0.25) is 4.79 Å². The van der Waals surface area contributed by atoms with Crippen LogP contribution in [0.1, 0.15) is 21.5 Å². The maximum Gasteiger partial charge on any atom is 0.335 e. The van der Waals surface area contributed by atoms with E-state index in [-0.39, 0.29) is 24.6 Å². The molecule has 0 fully saturated rings. The molecule has 166 valence electrons. The van der Waals surface area contributed by atoms with Crippen molar-refractivity contribution in [3.63, 3.8) is 0 Å². The number of amides is 1. The van der Waals surface area contributed by atoms with Gasteiger partial charge in [-0.1, -0.05) is 41.4 Å². The van der Waals surface area contributed by atoms with Gasteiger partial charge in [0.2, 0.25) is 0 Å². The molecule has 3 aromatic rings. The molecule has 0 aliphatic heterocycles. The summed E-state index contributed by atoms with van der Waals surface area (Å²) in [6.45, 7) is 2.03. The van der Waals surface area contributed by atoms with Gasteiger partial charge in [-0.15, -0.1) is 0 Å². The SMILES string of the molecule is COc1cccc(CNc2cc(C(=O)O)ccc2Cl)c1OCC(=O)Nc1ccc(C)cc1. The van der Waals surface area contributed by atoms with Crippen LogP contribution in [0, 0.1) is 6.92 Å². The highest BCUT2D eigenvalue weighted by Crippen LogP contribution is 2.32. The summed E-state index contributed by atoms with van der Waals surface area (Å²) in [7, 11) is 1.51. The number of anilines is 2. The number of hydrogen-bond donors (Lipinski definition) is 3. The largest absolute Gasteiger partial charge is 0.493 e. The minimum Gasteiger partial charge on any atom is -0.493 e. The van der Waals surface area contributed by atoms with Gasteiger partial charge in [0, 0.05) is 17.8 Å². The Morgan fingerprint density at radius 3 is 2.50 bits per heavy atom. The van der Waals surface area contributed by atoms with Crippen LogP contribution in [0.5, 0.6) is 11.5 Å². The fourth-order valence-corrected chi connectivity index (χ4v) is 3.17. The fourth-order valence-electron chi connectivity index (χ4n) is 2.98. The van der Waals surface area contributed by atoms with Crippen molar-refractivity contribution in [3.8, 4) is 11.5 Å². The number of carbonyl (C=O) groups is 2. The molecular weight excluding hydrogens is 432 g/mol. The second-order valence-corrected chi connectivity index (χ2v) is 7.41. The standard InChI is InChI=1S/C24H23ClN2O5/c1-15-6-9-18(10-7-15)27-22(28)14-32-23-17(4-3-5-21(23)31-2)13-26-20-12-16(24(29)30)8-11-19(20)25/h3-12,26H,13-14H2,1-2H3,(H,27,28)(H,29,30). The summed E-state index contributed by atoms with van der Waals surface area (Å²) in [4.78, 5) is 23.6. The van der Waals surface area contributed by atoms with E-state index >= 15 is 0 Å². The molecule has 0 radical (unpaired) electrons. The molecule has 0 aromatic heterocycles. The molecule has 0 saturated carbocycles. The lowest BCUT2D eigenvalue weighted by molar-refractivity contribution is -0.118. The van der Waals surface area contributed by atoms with Gasteiger partial charge in [0.1, 0.15) is 0 Å². The maximum atomic E-state index is 12.3. The van der Waals surface area contributed by atoms with Crippen molar-refractivity contribution in [1.82, 2.24) is 0 Å². The molecule has 8 heteroatoms. The number of halogens is 1. The Kier molecular flexibility index (Phi) is 7.57. The molecule has 0 unspecified atom stereocenters. The van der Waals surface area contributed by atoms with Crippen molar-refractivity contribution >= 4 is 34.9 Å². The van der Waals surface area contributed by atoms with Gasteiger partial charge in [-0.25, -0.2) is 4.79 Å². The van der Waals surface area contributed by atoms with E-state index in [1.54, 1.807) is 12.1 Å². The molecule has 0 heterocycles. The zero-order valence-electron chi connectivity index (χ0n) is 17.6. The summed E-state index contributed by atoms with van der Waals surface area (Å²) in [6.07, 6.45) is 0. The maximum absolute atomic E-state index is 12.3. The van der Waals surface area contributed by atoms with E-state index in [1.807, 2.05) is 37.3 Å². The topological polar surface area (TPSA) is 96.9 Å². The number of nitrogens with one attached hydrogen (secondary N) is 2. The summed E-state index contributed by atoms with van der Waals surface area (Å²) in [5.74, 6) is -0.476. The van der Waals surface area contributed by atoms with Crippen molar-refractivity contribution in [1.29, 1.82) is 0 Å². The van der Waals surface area contributed by atoms with Gasteiger partial charge in [-0.05, 0) is 43.3 Å². The Morgan fingerprint density at radius 1 is 1.06 bits per heavy atom. The summed E-state index contributed by atoms with van der Waals surface area (Å²) >= 11 is 6.19. The fraction of sp³-hybridized carbons (Fsp3) is 0.167. The molecule has 0 atom stereocenters. The molecular formula is C24H23ClN2O5. The first-order chi connectivity index (χ1) is 15.4. The Balaban J connectivity index is 1.71. The van der Waals surface area contributed by atoms with Crippen LogP contribution >= 0.6 is 11.6 Å². The zero-order chi connectivity index (χ0) is 23.1. The molecule has 3 aromatic carbocycles. The molecule has 0 spiro atoms. The third-order valence-electron chi connectivity index (χ3n) is 4.65. The first-order valence-corrected chi connectivity index (χ1v) is 10.2. The van der Waals surface area contributed by atoms with Crippen LogP contribution in [0.15, 0.2) is 60.7 Å². The number of carbonyl (C=O) groups excluding carboxylic acids is 1. The Labute approximate surface area is 190 Å². The smallest absolute Gasteiger partial charge is 0.335 e. The molecule has 32 heavy (non-hydrogen) atoms. The molecule has 1 amide bonds. The first-order valence-electron chi connectivity index (χ1n) is 9.79. The van der Waals surface area contributed by atoms with Crippen LogP contribution in [0.25, 0.3) is 0 Å². The quantitative estimate of drug-likeness (QED) is 0.421. The summed E-state index contributed by atoms with van der Waals surface area (Å²) in [5.41, 5.74) is 3.08. The number of carboxylic acids is 1. The molecule has 0 aliphatic rings. The number of rotatable bonds is 9.